The number of pyridine rings is 1. The van der Waals surface area contributed by atoms with Crippen LogP contribution in [0.3, 0.4) is 0 Å². The zero-order valence-corrected chi connectivity index (χ0v) is 10.4. The van der Waals surface area contributed by atoms with Gasteiger partial charge in [-0.1, -0.05) is 6.07 Å². The van der Waals surface area contributed by atoms with Crippen LogP contribution in [-0.4, -0.2) is 34.6 Å². The molecule has 0 aliphatic carbocycles. The molecule has 1 amide bonds. The molecule has 0 aliphatic heterocycles. The second kappa shape index (κ2) is 5.54. The van der Waals surface area contributed by atoms with Crippen LogP contribution < -0.4 is 16.6 Å². The molecule has 2 aromatic rings. The number of hydrogen-bond donors (Lipinski definition) is 4. The third kappa shape index (κ3) is 2.83. The van der Waals surface area contributed by atoms with Crippen LogP contribution >= 0.6 is 0 Å². The number of fused-ring (bicyclic) bond motifs is 1. The highest BCUT2D eigenvalue weighted by Gasteiger charge is 2.14. The maximum absolute atomic E-state index is 11.9. The summed E-state index contributed by atoms with van der Waals surface area (Å²) < 4.78 is 0. The quantitative estimate of drug-likeness (QED) is 0.608. The Bertz CT molecular complexity index is 723. The number of H-pyrrole nitrogens is 1. The number of carbonyl (C=O) groups is 2. The molecule has 5 N–H and O–H groups in total. The van der Waals surface area contributed by atoms with Crippen molar-refractivity contribution >= 4 is 22.6 Å². The van der Waals surface area contributed by atoms with Crippen molar-refractivity contribution in [3.8, 4) is 0 Å². The molecule has 0 bridgehead atoms. The highest BCUT2D eigenvalue weighted by Crippen LogP contribution is 2.11. The molecule has 1 aromatic heterocycles. The van der Waals surface area contributed by atoms with Crippen LogP contribution in [0.5, 0.6) is 0 Å². The number of aromatic amines is 1. The van der Waals surface area contributed by atoms with Crippen LogP contribution in [0.2, 0.25) is 0 Å². The van der Waals surface area contributed by atoms with Gasteiger partial charge in [-0.2, -0.15) is 0 Å². The first-order valence-electron chi connectivity index (χ1n) is 5.87. The lowest BCUT2D eigenvalue weighted by Crippen LogP contribution is -2.42. The Hall–Kier alpha value is -2.67. The number of aromatic nitrogens is 1. The molecular formula is C13H13N3O4. The number of carboxylic acid groups (broad SMARTS) is 1. The molecule has 0 saturated heterocycles. The van der Waals surface area contributed by atoms with E-state index in [-0.39, 0.29) is 17.7 Å². The number of carbonyl (C=O) groups excluding carboxylic acids is 1. The first-order chi connectivity index (χ1) is 9.49. The zero-order valence-electron chi connectivity index (χ0n) is 10.4. The van der Waals surface area contributed by atoms with Gasteiger partial charge >= 0.3 is 5.97 Å². The van der Waals surface area contributed by atoms with Crippen LogP contribution in [0.15, 0.2) is 35.3 Å². The van der Waals surface area contributed by atoms with E-state index in [1.54, 1.807) is 18.2 Å². The second-order valence-corrected chi connectivity index (χ2v) is 4.26. The number of aliphatic carboxylic acids is 1. The van der Waals surface area contributed by atoms with Gasteiger partial charge in [0.1, 0.15) is 6.04 Å². The molecule has 0 radical (unpaired) electrons. The van der Waals surface area contributed by atoms with E-state index >= 15 is 0 Å². The van der Waals surface area contributed by atoms with Gasteiger partial charge in [0.15, 0.2) is 0 Å². The number of nitrogens with one attached hydrogen (secondary N) is 2. The Balaban J connectivity index is 2.21. The third-order valence-electron chi connectivity index (χ3n) is 2.84. The summed E-state index contributed by atoms with van der Waals surface area (Å²) in [6.07, 6.45) is 1.52. The van der Waals surface area contributed by atoms with E-state index in [4.69, 9.17) is 10.8 Å². The van der Waals surface area contributed by atoms with Crippen molar-refractivity contribution in [3.05, 3.63) is 46.4 Å². The van der Waals surface area contributed by atoms with Crippen molar-refractivity contribution in [2.45, 2.75) is 6.04 Å². The number of hydrogen-bond acceptors (Lipinski definition) is 4. The molecule has 104 valence electrons. The van der Waals surface area contributed by atoms with Gasteiger partial charge in [-0.3, -0.25) is 14.4 Å². The summed E-state index contributed by atoms with van der Waals surface area (Å²) in [4.78, 5) is 36.5. The fraction of sp³-hybridized carbons (Fsp3) is 0.154. The number of nitrogens with two attached hydrogens (primary N) is 1. The van der Waals surface area contributed by atoms with E-state index in [9.17, 15) is 14.4 Å². The van der Waals surface area contributed by atoms with Crippen LogP contribution in [0.25, 0.3) is 10.8 Å². The van der Waals surface area contributed by atoms with Gasteiger partial charge in [0, 0.05) is 23.7 Å². The normalized spacial score (nSPS) is 12.1. The number of benzene rings is 1. The molecular weight excluding hydrogens is 262 g/mol. The largest absolute Gasteiger partial charge is 0.480 e. The lowest BCUT2D eigenvalue weighted by Gasteiger charge is -2.08. The van der Waals surface area contributed by atoms with E-state index in [2.05, 4.69) is 10.3 Å². The van der Waals surface area contributed by atoms with E-state index in [0.717, 1.165) is 0 Å². The van der Waals surface area contributed by atoms with Crippen LogP contribution in [0.1, 0.15) is 10.4 Å². The minimum absolute atomic E-state index is 0.183. The first-order valence-corrected chi connectivity index (χ1v) is 5.87. The molecule has 1 heterocycles. The number of amides is 1. The van der Waals surface area contributed by atoms with Crippen molar-refractivity contribution in [2.75, 3.05) is 6.54 Å². The lowest BCUT2D eigenvalue weighted by atomic mass is 10.1. The van der Waals surface area contributed by atoms with Crippen molar-refractivity contribution in [1.82, 2.24) is 10.3 Å². The average Bonchev–Trinajstić information content (AvgIpc) is 2.44. The van der Waals surface area contributed by atoms with E-state index < -0.39 is 17.9 Å². The summed E-state index contributed by atoms with van der Waals surface area (Å²) in [7, 11) is 0. The van der Waals surface area contributed by atoms with Gasteiger partial charge in [0.05, 0.1) is 0 Å². The second-order valence-electron chi connectivity index (χ2n) is 4.26. The summed E-state index contributed by atoms with van der Waals surface area (Å²) in [5.74, 6) is -1.67. The predicted molar refractivity (Wildman–Crippen MR) is 72.5 cm³/mol. The van der Waals surface area contributed by atoms with E-state index in [1.807, 2.05) is 0 Å². The van der Waals surface area contributed by atoms with Gasteiger partial charge in [-0.05, 0) is 23.6 Å². The molecule has 7 nitrogen and oxygen atoms in total. The average molecular weight is 275 g/mol. The molecule has 2 rings (SSSR count). The van der Waals surface area contributed by atoms with Gasteiger partial charge in [0.25, 0.3) is 11.5 Å². The van der Waals surface area contributed by atoms with Crippen LogP contribution in [-0.2, 0) is 4.79 Å². The van der Waals surface area contributed by atoms with E-state index in [0.29, 0.717) is 10.8 Å². The Labute approximate surface area is 113 Å². The molecule has 0 saturated carbocycles. The number of carboxylic acids is 1. The third-order valence-corrected chi connectivity index (χ3v) is 2.84. The predicted octanol–water partition coefficient (Wildman–Crippen LogP) is -0.330. The Kier molecular flexibility index (Phi) is 3.81. The summed E-state index contributed by atoms with van der Waals surface area (Å²) in [5, 5.41) is 12.1. The molecule has 0 spiro atoms. The molecule has 0 unspecified atom stereocenters. The molecule has 0 fully saturated rings. The topological polar surface area (TPSA) is 125 Å². The summed E-state index contributed by atoms with van der Waals surface area (Å²) in [6, 6.07) is 5.22. The highest BCUT2D eigenvalue weighted by molar-refractivity contribution is 5.98. The lowest BCUT2D eigenvalue weighted by molar-refractivity contribution is -0.138. The maximum atomic E-state index is 11.9. The summed E-state index contributed by atoms with van der Waals surface area (Å²) in [5.41, 5.74) is 5.27. The van der Waals surface area contributed by atoms with Gasteiger partial charge < -0.3 is 21.1 Å². The SMILES string of the molecule is N[C@H](CNC(=O)c1ccc2cc[nH]c(=O)c2c1)C(=O)O. The zero-order chi connectivity index (χ0) is 14.7. The molecule has 1 aromatic carbocycles. The Morgan fingerprint density at radius 3 is 2.80 bits per heavy atom. The Morgan fingerprint density at radius 1 is 1.35 bits per heavy atom. The molecule has 1 atom stereocenters. The monoisotopic (exact) mass is 275 g/mol. The standard InChI is InChI=1S/C13H13N3O4/c14-10(13(19)20)6-16-11(17)8-2-1-7-3-4-15-12(18)9(7)5-8/h1-5,10H,6,14H2,(H,15,18)(H,16,17)(H,19,20)/t10-/m1/s1. The highest BCUT2D eigenvalue weighted by atomic mass is 16.4. The fourth-order valence-electron chi connectivity index (χ4n) is 1.72. The van der Waals surface area contributed by atoms with Crippen molar-refractivity contribution in [3.63, 3.8) is 0 Å². The van der Waals surface area contributed by atoms with Crippen LogP contribution in [0.4, 0.5) is 0 Å². The summed E-state index contributed by atoms with van der Waals surface area (Å²) >= 11 is 0. The van der Waals surface area contributed by atoms with Crippen molar-refractivity contribution < 1.29 is 14.7 Å². The first kappa shape index (κ1) is 13.8. The molecule has 0 aliphatic rings. The molecule has 7 heteroatoms. The Morgan fingerprint density at radius 2 is 2.10 bits per heavy atom. The van der Waals surface area contributed by atoms with E-state index in [1.165, 1.54) is 12.3 Å². The van der Waals surface area contributed by atoms with Gasteiger partial charge in [-0.15, -0.1) is 0 Å². The number of rotatable bonds is 4. The summed E-state index contributed by atoms with van der Waals surface area (Å²) in [6.45, 7) is -0.183. The minimum Gasteiger partial charge on any atom is -0.480 e. The van der Waals surface area contributed by atoms with Gasteiger partial charge in [-0.25, -0.2) is 0 Å². The smallest absolute Gasteiger partial charge is 0.322 e. The fourth-order valence-corrected chi connectivity index (χ4v) is 1.72. The van der Waals surface area contributed by atoms with Crippen molar-refractivity contribution in [1.29, 1.82) is 0 Å². The molecule has 20 heavy (non-hydrogen) atoms. The van der Waals surface area contributed by atoms with Crippen LogP contribution in [0, 0.1) is 0 Å². The maximum Gasteiger partial charge on any atom is 0.322 e. The van der Waals surface area contributed by atoms with Crippen molar-refractivity contribution in [2.24, 2.45) is 5.73 Å². The van der Waals surface area contributed by atoms with Gasteiger partial charge in [0.2, 0.25) is 0 Å². The minimum atomic E-state index is -1.19.